The SMILES string of the molecule is C=C(C)CCc1cc(C)ccc1N. The first kappa shape index (κ1) is 9.85. The third-order valence-electron chi connectivity index (χ3n) is 2.12. The van der Waals surface area contributed by atoms with Crippen LogP contribution in [0.25, 0.3) is 0 Å². The van der Waals surface area contributed by atoms with Crippen molar-refractivity contribution in [3.63, 3.8) is 0 Å². The maximum atomic E-state index is 5.85. The van der Waals surface area contributed by atoms with E-state index in [1.165, 1.54) is 16.7 Å². The molecule has 1 aromatic rings. The molecule has 0 heterocycles. The number of rotatable bonds is 3. The van der Waals surface area contributed by atoms with Crippen LogP contribution in [0.4, 0.5) is 5.69 Å². The third-order valence-corrected chi connectivity index (χ3v) is 2.12. The molecule has 1 nitrogen and oxygen atoms in total. The fourth-order valence-electron chi connectivity index (χ4n) is 1.30. The average Bonchev–Trinajstić information content (AvgIpc) is 2.06. The van der Waals surface area contributed by atoms with Crippen molar-refractivity contribution in [2.24, 2.45) is 0 Å². The second kappa shape index (κ2) is 4.13. The van der Waals surface area contributed by atoms with Gasteiger partial charge in [0.1, 0.15) is 0 Å². The minimum Gasteiger partial charge on any atom is -0.399 e. The van der Waals surface area contributed by atoms with E-state index in [9.17, 15) is 0 Å². The molecule has 1 aromatic carbocycles. The number of hydrogen-bond acceptors (Lipinski definition) is 1. The van der Waals surface area contributed by atoms with Crippen molar-refractivity contribution in [3.8, 4) is 0 Å². The summed E-state index contributed by atoms with van der Waals surface area (Å²) in [5.41, 5.74) is 10.5. The van der Waals surface area contributed by atoms with Crippen LogP contribution in [0.15, 0.2) is 30.4 Å². The maximum absolute atomic E-state index is 5.85. The molecule has 0 aliphatic rings. The van der Waals surface area contributed by atoms with Crippen LogP contribution in [-0.2, 0) is 6.42 Å². The van der Waals surface area contributed by atoms with Crippen molar-refractivity contribution in [3.05, 3.63) is 41.5 Å². The predicted molar refractivity (Wildman–Crippen MR) is 58.7 cm³/mol. The van der Waals surface area contributed by atoms with Crippen molar-refractivity contribution in [1.29, 1.82) is 0 Å². The molecule has 1 rings (SSSR count). The largest absolute Gasteiger partial charge is 0.399 e. The monoisotopic (exact) mass is 175 g/mol. The molecule has 0 fully saturated rings. The molecule has 0 aromatic heterocycles. The quantitative estimate of drug-likeness (QED) is 0.554. The second-order valence-electron chi connectivity index (χ2n) is 3.66. The van der Waals surface area contributed by atoms with Gasteiger partial charge in [-0.2, -0.15) is 0 Å². The number of nitrogens with two attached hydrogens (primary N) is 1. The molecule has 0 unspecified atom stereocenters. The number of hydrogen-bond donors (Lipinski definition) is 1. The molecule has 13 heavy (non-hydrogen) atoms. The van der Waals surface area contributed by atoms with Gasteiger partial charge in [0.2, 0.25) is 0 Å². The molecular formula is C12H17N. The molecule has 0 aliphatic carbocycles. The van der Waals surface area contributed by atoms with E-state index < -0.39 is 0 Å². The summed E-state index contributed by atoms with van der Waals surface area (Å²) >= 11 is 0. The van der Waals surface area contributed by atoms with Crippen LogP contribution < -0.4 is 5.73 Å². The predicted octanol–water partition coefficient (Wildman–Crippen LogP) is 3.09. The fourth-order valence-corrected chi connectivity index (χ4v) is 1.30. The van der Waals surface area contributed by atoms with Gasteiger partial charge in [-0.1, -0.05) is 23.3 Å². The smallest absolute Gasteiger partial charge is 0.0346 e. The average molecular weight is 175 g/mol. The minimum atomic E-state index is 0.895. The summed E-state index contributed by atoms with van der Waals surface area (Å²) in [5, 5.41) is 0. The number of nitrogen functional groups attached to an aromatic ring is 1. The van der Waals surface area contributed by atoms with Crippen LogP contribution in [0.3, 0.4) is 0 Å². The van der Waals surface area contributed by atoms with E-state index in [0.717, 1.165) is 18.5 Å². The lowest BCUT2D eigenvalue weighted by Gasteiger charge is -2.06. The number of allylic oxidation sites excluding steroid dienone is 1. The van der Waals surface area contributed by atoms with Gasteiger partial charge in [-0.3, -0.25) is 0 Å². The Morgan fingerprint density at radius 3 is 2.77 bits per heavy atom. The Morgan fingerprint density at radius 2 is 2.15 bits per heavy atom. The lowest BCUT2D eigenvalue weighted by molar-refractivity contribution is 0.946. The van der Waals surface area contributed by atoms with Gasteiger partial charge in [0.15, 0.2) is 0 Å². The molecule has 1 heteroatoms. The van der Waals surface area contributed by atoms with Crippen LogP contribution in [-0.4, -0.2) is 0 Å². The maximum Gasteiger partial charge on any atom is 0.0346 e. The van der Waals surface area contributed by atoms with Crippen molar-refractivity contribution in [2.45, 2.75) is 26.7 Å². The van der Waals surface area contributed by atoms with Crippen molar-refractivity contribution in [1.82, 2.24) is 0 Å². The van der Waals surface area contributed by atoms with E-state index in [1.54, 1.807) is 0 Å². The Balaban J connectivity index is 2.75. The minimum absolute atomic E-state index is 0.895. The van der Waals surface area contributed by atoms with Crippen molar-refractivity contribution >= 4 is 5.69 Å². The van der Waals surface area contributed by atoms with Crippen molar-refractivity contribution < 1.29 is 0 Å². The van der Waals surface area contributed by atoms with Crippen molar-refractivity contribution in [2.75, 3.05) is 5.73 Å². The lowest BCUT2D eigenvalue weighted by Crippen LogP contribution is -1.95. The molecular weight excluding hydrogens is 158 g/mol. The molecule has 0 radical (unpaired) electrons. The van der Waals surface area contributed by atoms with Gasteiger partial charge >= 0.3 is 0 Å². The molecule has 0 amide bonds. The molecule has 0 spiro atoms. The van der Waals surface area contributed by atoms with Gasteiger partial charge in [0.25, 0.3) is 0 Å². The summed E-state index contributed by atoms with van der Waals surface area (Å²) in [6, 6.07) is 6.17. The Bertz CT molecular complexity index is 313. The summed E-state index contributed by atoms with van der Waals surface area (Å²) in [5.74, 6) is 0. The topological polar surface area (TPSA) is 26.0 Å². The Morgan fingerprint density at radius 1 is 1.46 bits per heavy atom. The van der Waals surface area contributed by atoms with Gasteiger partial charge in [0.05, 0.1) is 0 Å². The molecule has 0 aliphatic heterocycles. The van der Waals surface area contributed by atoms with E-state index >= 15 is 0 Å². The highest BCUT2D eigenvalue weighted by atomic mass is 14.6. The molecule has 2 N–H and O–H groups in total. The Labute approximate surface area is 80.3 Å². The Kier molecular flexibility index (Phi) is 3.13. The summed E-state index contributed by atoms with van der Waals surface area (Å²) in [6.45, 7) is 8.02. The van der Waals surface area contributed by atoms with E-state index in [-0.39, 0.29) is 0 Å². The summed E-state index contributed by atoms with van der Waals surface area (Å²) in [4.78, 5) is 0. The molecule has 0 bridgehead atoms. The zero-order chi connectivity index (χ0) is 9.84. The van der Waals surface area contributed by atoms with Gasteiger partial charge in [-0.15, -0.1) is 6.58 Å². The van der Waals surface area contributed by atoms with E-state index in [2.05, 4.69) is 19.6 Å². The number of aryl methyl sites for hydroxylation is 2. The fraction of sp³-hybridized carbons (Fsp3) is 0.333. The molecule has 0 saturated heterocycles. The normalized spacial score (nSPS) is 10.0. The number of benzene rings is 1. The highest BCUT2D eigenvalue weighted by molar-refractivity contribution is 5.48. The second-order valence-corrected chi connectivity index (χ2v) is 3.66. The lowest BCUT2D eigenvalue weighted by atomic mass is 10.0. The van der Waals surface area contributed by atoms with Gasteiger partial charge in [-0.25, -0.2) is 0 Å². The van der Waals surface area contributed by atoms with Gasteiger partial charge in [-0.05, 0) is 38.3 Å². The molecule has 0 atom stereocenters. The summed E-state index contributed by atoms with van der Waals surface area (Å²) < 4.78 is 0. The van der Waals surface area contributed by atoms with Crippen LogP contribution in [0.5, 0.6) is 0 Å². The highest BCUT2D eigenvalue weighted by Crippen LogP contribution is 2.16. The Hall–Kier alpha value is -1.24. The first-order valence-corrected chi connectivity index (χ1v) is 4.59. The number of anilines is 1. The zero-order valence-corrected chi connectivity index (χ0v) is 8.43. The van der Waals surface area contributed by atoms with Gasteiger partial charge < -0.3 is 5.73 Å². The van der Waals surface area contributed by atoms with E-state index in [4.69, 9.17) is 5.73 Å². The standard InChI is InChI=1S/C12H17N/c1-9(2)4-6-11-8-10(3)5-7-12(11)13/h5,7-8H,1,4,6,13H2,2-3H3. The van der Waals surface area contributed by atoms with E-state index in [1.807, 2.05) is 19.1 Å². The molecule has 70 valence electrons. The van der Waals surface area contributed by atoms with E-state index in [0.29, 0.717) is 0 Å². The summed E-state index contributed by atoms with van der Waals surface area (Å²) in [7, 11) is 0. The first-order chi connectivity index (χ1) is 6.09. The third kappa shape index (κ3) is 2.94. The van der Waals surface area contributed by atoms with Crippen LogP contribution in [0, 0.1) is 6.92 Å². The van der Waals surface area contributed by atoms with Crippen LogP contribution in [0.1, 0.15) is 24.5 Å². The highest BCUT2D eigenvalue weighted by Gasteiger charge is 1.99. The molecule has 0 saturated carbocycles. The first-order valence-electron chi connectivity index (χ1n) is 4.59. The van der Waals surface area contributed by atoms with Crippen LogP contribution in [0.2, 0.25) is 0 Å². The summed E-state index contributed by atoms with van der Waals surface area (Å²) in [6.07, 6.45) is 2.02. The zero-order valence-electron chi connectivity index (χ0n) is 8.43. The van der Waals surface area contributed by atoms with Crippen LogP contribution >= 0.6 is 0 Å². The van der Waals surface area contributed by atoms with Gasteiger partial charge in [0, 0.05) is 5.69 Å².